The normalized spacial score (nSPS) is 10.6. The van der Waals surface area contributed by atoms with E-state index in [1.807, 2.05) is 13.8 Å². The Labute approximate surface area is 167 Å². The summed E-state index contributed by atoms with van der Waals surface area (Å²) in [6.45, 7) is 9.22. The van der Waals surface area contributed by atoms with Crippen LogP contribution in [-0.4, -0.2) is 36.2 Å². The third-order valence-electron chi connectivity index (χ3n) is 4.17. The smallest absolute Gasteiger partial charge is 0.502 e. The Morgan fingerprint density at radius 1 is 0.750 bits per heavy atom. The standard InChI is InChI=1S/C21H34O7/c1-5-9-12-25-18-15(8-4)17(28-21(23)24)16(22)19(26-13-10-6-2)20(18)27-14-11-7-3/h22H,5-14H2,1-4H3,(H,23,24). The molecular formula is C21H34O7. The van der Waals surface area contributed by atoms with Gasteiger partial charge in [0.25, 0.3) is 0 Å². The SMILES string of the molecule is CCCCOc1c(O)c(OC(=O)O)c(CC)c(OCCCC)c1OCCCC. The monoisotopic (exact) mass is 398 g/mol. The van der Waals surface area contributed by atoms with Crippen LogP contribution >= 0.6 is 0 Å². The van der Waals surface area contributed by atoms with Gasteiger partial charge in [0, 0.05) is 5.56 Å². The molecule has 0 aliphatic heterocycles. The second-order valence-electron chi connectivity index (χ2n) is 6.47. The highest BCUT2D eigenvalue weighted by molar-refractivity contribution is 5.73. The predicted molar refractivity (Wildman–Crippen MR) is 107 cm³/mol. The van der Waals surface area contributed by atoms with Crippen LogP contribution in [0.15, 0.2) is 0 Å². The summed E-state index contributed by atoms with van der Waals surface area (Å²) in [7, 11) is 0. The summed E-state index contributed by atoms with van der Waals surface area (Å²) < 4.78 is 22.6. The lowest BCUT2D eigenvalue weighted by molar-refractivity contribution is 0.141. The second-order valence-corrected chi connectivity index (χ2v) is 6.47. The molecule has 7 nitrogen and oxygen atoms in total. The minimum absolute atomic E-state index is 0.0736. The molecule has 0 fully saturated rings. The summed E-state index contributed by atoms with van der Waals surface area (Å²) >= 11 is 0. The van der Waals surface area contributed by atoms with Crippen molar-refractivity contribution in [3.05, 3.63) is 5.56 Å². The summed E-state index contributed by atoms with van der Waals surface area (Å²) in [4.78, 5) is 11.2. The molecule has 0 heterocycles. The van der Waals surface area contributed by atoms with Gasteiger partial charge in [0.05, 0.1) is 19.8 Å². The van der Waals surface area contributed by atoms with Crippen LogP contribution in [-0.2, 0) is 6.42 Å². The number of phenolic OH excluding ortho intramolecular Hbond substituents is 1. The summed E-state index contributed by atoms with van der Waals surface area (Å²) in [5.41, 5.74) is 0.449. The van der Waals surface area contributed by atoms with Gasteiger partial charge in [0.15, 0.2) is 11.5 Å². The summed E-state index contributed by atoms with van der Waals surface area (Å²) in [6, 6.07) is 0. The van der Waals surface area contributed by atoms with Gasteiger partial charge in [-0.05, 0) is 25.7 Å². The fraction of sp³-hybridized carbons (Fsp3) is 0.667. The van der Waals surface area contributed by atoms with Crippen molar-refractivity contribution >= 4 is 6.16 Å². The first-order valence-electron chi connectivity index (χ1n) is 10.2. The molecule has 0 aliphatic rings. The Balaban J connectivity index is 3.51. The first-order valence-corrected chi connectivity index (χ1v) is 10.2. The van der Waals surface area contributed by atoms with E-state index in [9.17, 15) is 9.90 Å². The van der Waals surface area contributed by atoms with Crippen LogP contribution in [0.1, 0.15) is 71.8 Å². The Hall–Kier alpha value is -2.31. The minimum Gasteiger partial charge on any atom is -0.502 e. The van der Waals surface area contributed by atoms with Crippen molar-refractivity contribution in [2.75, 3.05) is 19.8 Å². The maximum Gasteiger partial charge on any atom is 0.511 e. The van der Waals surface area contributed by atoms with Gasteiger partial charge < -0.3 is 29.2 Å². The maximum atomic E-state index is 11.2. The van der Waals surface area contributed by atoms with Gasteiger partial charge in [-0.15, -0.1) is 0 Å². The van der Waals surface area contributed by atoms with Crippen molar-refractivity contribution in [3.63, 3.8) is 0 Å². The second kappa shape index (κ2) is 13.0. The average Bonchev–Trinajstić information content (AvgIpc) is 2.66. The van der Waals surface area contributed by atoms with Gasteiger partial charge in [-0.25, -0.2) is 4.79 Å². The topological polar surface area (TPSA) is 94.5 Å². The number of ether oxygens (including phenoxy) is 4. The molecule has 1 aromatic rings. The number of phenols is 1. The average molecular weight is 398 g/mol. The van der Waals surface area contributed by atoms with Crippen LogP contribution in [0.4, 0.5) is 4.79 Å². The Morgan fingerprint density at radius 2 is 1.21 bits per heavy atom. The number of benzene rings is 1. The largest absolute Gasteiger partial charge is 0.511 e. The quantitative estimate of drug-likeness (QED) is 0.241. The first kappa shape index (κ1) is 23.7. The van der Waals surface area contributed by atoms with Crippen LogP contribution < -0.4 is 18.9 Å². The molecule has 1 aromatic carbocycles. The number of carbonyl (C=O) groups is 1. The van der Waals surface area contributed by atoms with Crippen molar-refractivity contribution in [3.8, 4) is 28.7 Å². The number of carboxylic acid groups (broad SMARTS) is 1. The number of hydrogen-bond donors (Lipinski definition) is 2. The van der Waals surface area contributed by atoms with Gasteiger partial charge in [0.1, 0.15) is 0 Å². The molecule has 2 N–H and O–H groups in total. The van der Waals surface area contributed by atoms with Gasteiger partial charge >= 0.3 is 6.16 Å². The van der Waals surface area contributed by atoms with Crippen molar-refractivity contribution in [2.24, 2.45) is 0 Å². The molecule has 0 aliphatic carbocycles. The highest BCUT2D eigenvalue weighted by Gasteiger charge is 2.29. The molecule has 0 amide bonds. The van der Waals surface area contributed by atoms with Crippen molar-refractivity contribution in [2.45, 2.75) is 72.6 Å². The first-order chi connectivity index (χ1) is 13.5. The molecule has 0 radical (unpaired) electrons. The third-order valence-corrected chi connectivity index (χ3v) is 4.17. The number of unbranched alkanes of at least 4 members (excludes halogenated alkanes) is 3. The summed E-state index contributed by atoms with van der Waals surface area (Å²) in [6.07, 6.45) is 4.15. The van der Waals surface area contributed by atoms with E-state index in [0.29, 0.717) is 43.3 Å². The lowest BCUT2D eigenvalue weighted by atomic mass is 10.1. The van der Waals surface area contributed by atoms with Crippen LogP contribution in [0.2, 0.25) is 0 Å². The van der Waals surface area contributed by atoms with Crippen LogP contribution in [0.3, 0.4) is 0 Å². The van der Waals surface area contributed by atoms with E-state index in [1.165, 1.54) is 0 Å². The molecule has 0 spiro atoms. The lowest BCUT2D eigenvalue weighted by Gasteiger charge is -2.22. The number of hydrogen-bond acceptors (Lipinski definition) is 6. The molecule has 28 heavy (non-hydrogen) atoms. The fourth-order valence-corrected chi connectivity index (χ4v) is 2.59. The van der Waals surface area contributed by atoms with Crippen molar-refractivity contribution in [1.82, 2.24) is 0 Å². The van der Waals surface area contributed by atoms with Crippen LogP contribution in [0.5, 0.6) is 28.7 Å². The van der Waals surface area contributed by atoms with Gasteiger partial charge in [-0.2, -0.15) is 0 Å². The van der Waals surface area contributed by atoms with E-state index in [-0.39, 0.29) is 17.2 Å². The number of rotatable bonds is 14. The molecule has 0 saturated heterocycles. The minimum atomic E-state index is -1.51. The Bertz CT molecular complexity index is 614. The molecule has 0 aromatic heterocycles. The van der Waals surface area contributed by atoms with E-state index in [4.69, 9.17) is 24.1 Å². The fourth-order valence-electron chi connectivity index (χ4n) is 2.59. The van der Waals surface area contributed by atoms with Crippen LogP contribution in [0, 0.1) is 0 Å². The van der Waals surface area contributed by atoms with E-state index in [2.05, 4.69) is 13.8 Å². The molecule has 7 heteroatoms. The van der Waals surface area contributed by atoms with Crippen LogP contribution in [0.25, 0.3) is 0 Å². The van der Waals surface area contributed by atoms with Crippen molar-refractivity contribution < 1.29 is 34.0 Å². The zero-order valence-corrected chi connectivity index (χ0v) is 17.5. The predicted octanol–water partition coefficient (Wildman–Crippen LogP) is 5.55. The molecule has 160 valence electrons. The van der Waals surface area contributed by atoms with Gasteiger partial charge in [-0.1, -0.05) is 47.0 Å². The molecule has 0 bridgehead atoms. The number of aromatic hydroxyl groups is 1. The highest BCUT2D eigenvalue weighted by Crippen LogP contribution is 2.53. The molecule has 1 rings (SSSR count). The lowest BCUT2D eigenvalue weighted by Crippen LogP contribution is -2.11. The zero-order chi connectivity index (χ0) is 20.9. The molecule has 0 saturated carbocycles. The van der Waals surface area contributed by atoms with E-state index < -0.39 is 6.16 Å². The summed E-state index contributed by atoms with van der Waals surface area (Å²) in [5, 5.41) is 19.9. The third kappa shape index (κ3) is 6.69. The van der Waals surface area contributed by atoms with E-state index in [0.717, 1.165) is 38.5 Å². The van der Waals surface area contributed by atoms with Gasteiger partial charge in [-0.3, -0.25) is 0 Å². The zero-order valence-electron chi connectivity index (χ0n) is 17.5. The van der Waals surface area contributed by atoms with Crippen molar-refractivity contribution in [1.29, 1.82) is 0 Å². The van der Waals surface area contributed by atoms with Gasteiger partial charge in [0.2, 0.25) is 17.2 Å². The highest BCUT2D eigenvalue weighted by atomic mass is 16.7. The maximum absolute atomic E-state index is 11.2. The molecular weight excluding hydrogens is 364 g/mol. The molecule has 0 unspecified atom stereocenters. The molecule has 0 atom stereocenters. The Kier molecular flexibility index (Phi) is 11.0. The van der Waals surface area contributed by atoms with E-state index in [1.54, 1.807) is 0 Å². The Morgan fingerprint density at radius 3 is 1.64 bits per heavy atom. The van der Waals surface area contributed by atoms with E-state index >= 15 is 0 Å². The summed E-state index contributed by atoms with van der Waals surface area (Å²) in [5.74, 6) is 0.241.